The van der Waals surface area contributed by atoms with Crippen LogP contribution in [-0.4, -0.2) is 55.5 Å². The van der Waals surface area contributed by atoms with E-state index in [4.69, 9.17) is 4.74 Å². The molecule has 0 aromatic heterocycles. The third kappa shape index (κ3) is 3.49. The number of aliphatic hydroxyl groups excluding tert-OH is 1. The molecule has 0 saturated carbocycles. The van der Waals surface area contributed by atoms with Gasteiger partial charge in [-0.05, 0) is 25.1 Å². The molecule has 8 heteroatoms. The maximum Gasteiger partial charge on any atom is 0.282 e. The molecular weight excluding hydrogens is 392 g/mol. The van der Waals surface area contributed by atoms with Gasteiger partial charge in [0.15, 0.2) is 0 Å². The van der Waals surface area contributed by atoms with Crippen molar-refractivity contribution < 1.29 is 23.4 Å². The highest BCUT2D eigenvalue weighted by Crippen LogP contribution is 2.41. The molecule has 1 heterocycles. The summed E-state index contributed by atoms with van der Waals surface area (Å²) in [6.45, 7) is 2.80. The first-order chi connectivity index (χ1) is 13.8. The average molecular weight is 414 g/mol. The molecule has 152 valence electrons. The Morgan fingerprint density at radius 1 is 1.17 bits per heavy atom. The van der Waals surface area contributed by atoms with Crippen molar-refractivity contribution in [1.82, 2.24) is 4.90 Å². The predicted molar refractivity (Wildman–Crippen MR) is 108 cm³/mol. The zero-order valence-electron chi connectivity index (χ0n) is 15.9. The lowest BCUT2D eigenvalue weighted by molar-refractivity contribution is -0.219. The third-order valence-electron chi connectivity index (χ3n) is 5.11. The van der Waals surface area contributed by atoms with Crippen molar-refractivity contribution >= 4 is 15.7 Å². The van der Waals surface area contributed by atoms with E-state index in [9.17, 15) is 18.6 Å². The van der Waals surface area contributed by atoms with Gasteiger partial charge in [0.1, 0.15) is 0 Å². The summed E-state index contributed by atoms with van der Waals surface area (Å²) < 4.78 is 35.6. The summed E-state index contributed by atoms with van der Waals surface area (Å²) in [5.74, 6) is -1.71. The molecule has 1 saturated heterocycles. The molecule has 1 fully saturated rings. The van der Waals surface area contributed by atoms with Crippen molar-refractivity contribution in [3.63, 3.8) is 0 Å². The fraction of sp³-hybridized carbons (Fsp3) is 0.286. The number of rotatable bonds is 4. The number of allylic oxidation sites excluding steroid dienone is 1. The number of sulfonamides is 1. The van der Waals surface area contributed by atoms with Crippen LogP contribution in [-0.2, 0) is 20.5 Å². The van der Waals surface area contributed by atoms with Gasteiger partial charge < -0.3 is 19.8 Å². The second-order valence-corrected chi connectivity index (χ2v) is 8.65. The highest BCUT2D eigenvalue weighted by Gasteiger charge is 2.46. The van der Waals surface area contributed by atoms with Gasteiger partial charge in [-0.1, -0.05) is 42.0 Å². The van der Waals surface area contributed by atoms with E-state index in [0.29, 0.717) is 23.4 Å². The molecule has 4 rings (SSSR count). The number of hydrogen-bond donors (Lipinski definition) is 2. The molecule has 0 radical (unpaired) electrons. The number of morpholine rings is 1. The lowest BCUT2D eigenvalue weighted by atomic mass is 9.86. The van der Waals surface area contributed by atoms with Gasteiger partial charge in [-0.2, -0.15) is 12.8 Å². The first-order valence-corrected chi connectivity index (χ1v) is 10.7. The molecule has 2 aliphatic rings. The highest BCUT2D eigenvalue weighted by atomic mass is 32.2. The summed E-state index contributed by atoms with van der Waals surface area (Å²) in [5, 5.41) is 20.7. The first kappa shape index (κ1) is 19.8. The van der Waals surface area contributed by atoms with Gasteiger partial charge in [-0.15, -0.1) is 0 Å². The minimum absolute atomic E-state index is 0.0967. The maximum absolute atomic E-state index is 12.9. The van der Waals surface area contributed by atoms with E-state index in [1.54, 1.807) is 41.3 Å². The van der Waals surface area contributed by atoms with Gasteiger partial charge in [0.05, 0.1) is 29.5 Å². The van der Waals surface area contributed by atoms with Crippen LogP contribution < -0.4 is 0 Å². The Kier molecular flexibility index (Phi) is 5.04. The van der Waals surface area contributed by atoms with Crippen LogP contribution >= 0.6 is 0 Å². The minimum atomic E-state index is -3.95. The maximum atomic E-state index is 12.9. The van der Waals surface area contributed by atoms with Crippen molar-refractivity contribution in [2.24, 2.45) is 4.40 Å². The second kappa shape index (κ2) is 7.38. The summed E-state index contributed by atoms with van der Waals surface area (Å²) in [7, 11) is -3.95. The largest absolute Gasteiger partial charge is 0.395 e. The van der Waals surface area contributed by atoms with Crippen LogP contribution in [0.25, 0.3) is 0 Å². The lowest BCUT2D eigenvalue weighted by Crippen LogP contribution is -2.50. The van der Waals surface area contributed by atoms with Crippen LogP contribution in [0.3, 0.4) is 0 Å². The molecule has 1 aliphatic heterocycles. The smallest absolute Gasteiger partial charge is 0.282 e. The molecule has 2 N–H and O–H groups in total. The van der Waals surface area contributed by atoms with Crippen LogP contribution in [0.4, 0.5) is 0 Å². The Bertz CT molecular complexity index is 1090. The van der Waals surface area contributed by atoms with Crippen molar-refractivity contribution in [1.29, 1.82) is 0 Å². The fourth-order valence-electron chi connectivity index (χ4n) is 3.65. The van der Waals surface area contributed by atoms with Gasteiger partial charge in [0.25, 0.3) is 10.0 Å². The van der Waals surface area contributed by atoms with E-state index < -0.39 is 15.8 Å². The normalized spacial score (nSPS) is 22.8. The minimum Gasteiger partial charge on any atom is -0.395 e. The predicted octanol–water partition coefficient (Wildman–Crippen LogP) is 1.54. The van der Waals surface area contributed by atoms with Crippen molar-refractivity contribution in [2.45, 2.75) is 17.6 Å². The van der Waals surface area contributed by atoms with Gasteiger partial charge in [0, 0.05) is 24.2 Å². The lowest BCUT2D eigenvalue weighted by Gasteiger charge is -2.45. The monoisotopic (exact) mass is 414 g/mol. The van der Waals surface area contributed by atoms with Crippen molar-refractivity contribution in [2.75, 3.05) is 26.3 Å². The van der Waals surface area contributed by atoms with Crippen LogP contribution in [0.1, 0.15) is 16.7 Å². The topological polar surface area (TPSA) is 99.4 Å². The Hall–Kier alpha value is -2.52. The number of aryl methyl sites for hydroxylation is 1. The number of fused-ring (bicyclic) bond motifs is 3. The number of β-amino-alcohol motifs (C(OH)–C–C–N with tert-alkyl or cyclic N) is 1. The Morgan fingerprint density at radius 3 is 2.62 bits per heavy atom. The zero-order chi connectivity index (χ0) is 20.6. The molecule has 7 nitrogen and oxygen atoms in total. The van der Waals surface area contributed by atoms with Crippen LogP contribution in [0.15, 0.2) is 69.6 Å². The molecule has 0 amide bonds. The standard InChI is InChI=1S/C21H22N2O5S/c1-15-6-8-16(9-7-15)29(26,27)22-19-14-20-21(25,18-5-3-2-4-17(18)19)28-13-11-23(20)10-12-24/h2-9,14,24-25H,10-13H2,1H3/t21-/m0/s1. The summed E-state index contributed by atoms with van der Waals surface area (Å²) in [6.07, 6.45) is 1.53. The highest BCUT2D eigenvalue weighted by molar-refractivity contribution is 7.90. The summed E-state index contributed by atoms with van der Waals surface area (Å²) in [6, 6.07) is 13.4. The zero-order valence-corrected chi connectivity index (χ0v) is 16.8. The van der Waals surface area contributed by atoms with Gasteiger partial charge in [-0.25, -0.2) is 0 Å². The molecule has 0 bridgehead atoms. The van der Waals surface area contributed by atoms with Crippen molar-refractivity contribution in [3.8, 4) is 0 Å². The first-order valence-electron chi connectivity index (χ1n) is 9.31. The van der Waals surface area contributed by atoms with Gasteiger partial charge >= 0.3 is 0 Å². The van der Waals surface area contributed by atoms with E-state index in [2.05, 4.69) is 4.40 Å². The number of benzene rings is 2. The molecule has 0 unspecified atom stereocenters. The van der Waals surface area contributed by atoms with E-state index in [0.717, 1.165) is 5.56 Å². The molecule has 29 heavy (non-hydrogen) atoms. The number of ether oxygens (including phenoxy) is 1. The number of nitrogens with zero attached hydrogens (tertiary/aromatic N) is 2. The van der Waals surface area contributed by atoms with E-state index in [1.165, 1.54) is 18.2 Å². The summed E-state index contributed by atoms with van der Waals surface area (Å²) in [4.78, 5) is 1.88. The molecule has 1 aliphatic carbocycles. The molecule has 1 atom stereocenters. The van der Waals surface area contributed by atoms with Gasteiger partial charge in [0.2, 0.25) is 5.79 Å². The average Bonchev–Trinajstić information content (AvgIpc) is 2.70. The molecule has 2 aromatic rings. The number of hydrogen-bond acceptors (Lipinski definition) is 6. The SMILES string of the molecule is Cc1ccc(S(=O)(=O)N=C2C=C3N(CCO)CCO[C@@]3(O)c3ccccc32)cc1. The Balaban J connectivity index is 1.88. The van der Waals surface area contributed by atoms with E-state index in [-0.39, 0.29) is 30.4 Å². The Morgan fingerprint density at radius 2 is 1.90 bits per heavy atom. The van der Waals surface area contributed by atoms with Crippen LogP contribution in [0.2, 0.25) is 0 Å². The summed E-state index contributed by atoms with van der Waals surface area (Å²) in [5.41, 5.74) is 2.45. The number of aliphatic hydroxyl groups is 2. The van der Waals surface area contributed by atoms with E-state index in [1.807, 2.05) is 6.92 Å². The fourth-order valence-corrected chi connectivity index (χ4v) is 4.64. The van der Waals surface area contributed by atoms with Crippen molar-refractivity contribution in [3.05, 3.63) is 77.0 Å². The summed E-state index contributed by atoms with van der Waals surface area (Å²) >= 11 is 0. The molecule has 2 aromatic carbocycles. The van der Waals surface area contributed by atoms with Crippen LogP contribution in [0, 0.1) is 6.92 Å². The molecular formula is C21H22N2O5S. The molecule has 0 spiro atoms. The van der Waals surface area contributed by atoms with Crippen LogP contribution in [0.5, 0.6) is 0 Å². The quantitative estimate of drug-likeness (QED) is 0.787. The Labute approximate surface area is 169 Å². The second-order valence-electron chi connectivity index (χ2n) is 7.04. The van der Waals surface area contributed by atoms with E-state index >= 15 is 0 Å². The van der Waals surface area contributed by atoms with Gasteiger partial charge in [-0.3, -0.25) is 0 Å². The third-order valence-corrected chi connectivity index (χ3v) is 6.41.